The molecule has 0 fully saturated rings. The van der Waals surface area contributed by atoms with Crippen molar-refractivity contribution in [3.63, 3.8) is 0 Å². The maximum absolute atomic E-state index is 4.93. The Balaban J connectivity index is 2.30. The molecule has 0 amide bonds. The lowest BCUT2D eigenvalue weighted by atomic mass is 10.1. The van der Waals surface area contributed by atoms with E-state index in [1.807, 2.05) is 6.07 Å². The van der Waals surface area contributed by atoms with E-state index >= 15 is 0 Å². The van der Waals surface area contributed by atoms with E-state index in [-0.39, 0.29) is 7.92 Å². The Hall–Kier alpha value is -1.20. The molecule has 2 rings (SSSR count). The van der Waals surface area contributed by atoms with Crippen molar-refractivity contribution in [3.8, 4) is 11.3 Å². The molecule has 2 aromatic rings. The van der Waals surface area contributed by atoms with Crippen molar-refractivity contribution in [1.82, 2.24) is 4.98 Å². The molecule has 0 saturated heterocycles. The van der Waals surface area contributed by atoms with Crippen LogP contribution in [0, 0.1) is 0 Å². The van der Waals surface area contributed by atoms with E-state index in [1.54, 1.807) is 0 Å². The Kier molecular flexibility index (Phi) is 5.07. The Labute approximate surface area is 136 Å². The highest BCUT2D eigenvalue weighted by Crippen LogP contribution is 2.61. The molecule has 0 unspecified atom stereocenters. The van der Waals surface area contributed by atoms with Crippen LogP contribution in [-0.4, -0.2) is 15.3 Å². The third kappa shape index (κ3) is 4.40. The number of rotatable bonds is 3. The van der Waals surface area contributed by atoms with Crippen molar-refractivity contribution in [2.45, 2.75) is 58.0 Å². The molecule has 0 aliphatic carbocycles. The Morgan fingerprint density at radius 2 is 1.36 bits per heavy atom. The van der Waals surface area contributed by atoms with E-state index in [1.165, 1.54) is 11.3 Å². The lowest BCUT2D eigenvalue weighted by Crippen LogP contribution is -2.26. The van der Waals surface area contributed by atoms with Gasteiger partial charge in [0.2, 0.25) is 0 Å². The molecule has 22 heavy (non-hydrogen) atoms. The minimum Gasteiger partial charge on any atom is -0.252 e. The smallest absolute Gasteiger partial charge is 0.0705 e. The summed E-state index contributed by atoms with van der Waals surface area (Å²) < 4.78 is 0. The first kappa shape index (κ1) is 17.2. The van der Waals surface area contributed by atoms with Crippen molar-refractivity contribution >= 4 is 7.92 Å². The molecule has 0 aliphatic rings. The van der Waals surface area contributed by atoms with Crippen LogP contribution in [0.4, 0.5) is 0 Å². The van der Waals surface area contributed by atoms with Gasteiger partial charge in [-0.2, -0.15) is 0 Å². The molecule has 1 nitrogen and oxygen atoms in total. The second-order valence-corrected chi connectivity index (χ2v) is 11.7. The number of hydrogen-bond donors (Lipinski definition) is 0. The molecule has 0 bridgehead atoms. The first-order valence-electron chi connectivity index (χ1n) is 7.97. The standard InChI is InChI=1S/C20H28NP/c1-19(2,3)22(20(4,5)6)15-17-13-10-14-18(21-17)16-11-8-7-9-12-16/h7-14H,15H2,1-6H3. The van der Waals surface area contributed by atoms with Gasteiger partial charge < -0.3 is 0 Å². The van der Waals surface area contributed by atoms with Crippen LogP contribution in [0.15, 0.2) is 48.5 Å². The predicted octanol–water partition coefficient (Wildman–Crippen LogP) is 6.33. The van der Waals surface area contributed by atoms with Crippen LogP contribution >= 0.6 is 7.92 Å². The summed E-state index contributed by atoms with van der Waals surface area (Å²) in [6.45, 7) is 14.2. The minimum absolute atomic E-state index is 0.163. The molecule has 0 spiro atoms. The zero-order valence-electron chi connectivity index (χ0n) is 14.7. The molecule has 0 aliphatic heterocycles. The summed E-state index contributed by atoms with van der Waals surface area (Å²) in [5.74, 6) is 0. The fraction of sp³-hybridized carbons (Fsp3) is 0.450. The molecule has 0 radical (unpaired) electrons. The SMILES string of the molecule is CC(C)(C)P(Cc1cccc(-c2ccccc2)n1)C(C)(C)C. The van der Waals surface area contributed by atoms with Crippen LogP contribution < -0.4 is 0 Å². The number of nitrogens with zero attached hydrogens (tertiary/aromatic N) is 1. The third-order valence-corrected chi connectivity index (χ3v) is 7.70. The van der Waals surface area contributed by atoms with Crippen LogP contribution in [0.3, 0.4) is 0 Å². The van der Waals surface area contributed by atoms with Crippen LogP contribution in [0.25, 0.3) is 11.3 Å². The zero-order valence-corrected chi connectivity index (χ0v) is 15.6. The van der Waals surface area contributed by atoms with Gasteiger partial charge in [0.05, 0.1) is 5.69 Å². The summed E-state index contributed by atoms with van der Waals surface area (Å²) in [5.41, 5.74) is 3.49. The summed E-state index contributed by atoms with van der Waals surface area (Å²) in [5, 5.41) is 0.663. The zero-order chi connectivity index (χ0) is 16.4. The van der Waals surface area contributed by atoms with E-state index in [0.717, 1.165) is 11.9 Å². The highest BCUT2D eigenvalue weighted by atomic mass is 31.1. The van der Waals surface area contributed by atoms with Gasteiger partial charge in [-0.15, -0.1) is 0 Å². The summed E-state index contributed by atoms with van der Waals surface area (Å²) in [7, 11) is -0.163. The number of benzene rings is 1. The molecule has 0 saturated carbocycles. The van der Waals surface area contributed by atoms with Crippen LogP contribution in [0.1, 0.15) is 47.2 Å². The second kappa shape index (κ2) is 6.50. The largest absolute Gasteiger partial charge is 0.252 e. The Morgan fingerprint density at radius 1 is 0.773 bits per heavy atom. The van der Waals surface area contributed by atoms with Gasteiger partial charge in [0.15, 0.2) is 0 Å². The fourth-order valence-corrected chi connectivity index (χ4v) is 6.44. The third-order valence-electron chi connectivity index (χ3n) is 3.82. The van der Waals surface area contributed by atoms with Gasteiger partial charge in [0, 0.05) is 17.4 Å². The van der Waals surface area contributed by atoms with Gasteiger partial charge in [-0.25, -0.2) is 0 Å². The molecule has 1 aromatic heterocycles. The van der Waals surface area contributed by atoms with Gasteiger partial charge in [-0.05, 0) is 22.4 Å². The molecule has 118 valence electrons. The van der Waals surface area contributed by atoms with E-state index in [9.17, 15) is 0 Å². The van der Waals surface area contributed by atoms with Crippen molar-refractivity contribution in [3.05, 3.63) is 54.2 Å². The summed E-state index contributed by atoms with van der Waals surface area (Å²) in [6.07, 6.45) is 1.09. The maximum Gasteiger partial charge on any atom is 0.0705 e. The van der Waals surface area contributed by atoms with Crippen LogP contribution in [-0.2, 0) is 6.16 Å². The minimum atomic E-state index is -0.163. The predicted molar refractivity (Wildman–Crippen MR) is 99.8 cm³/mol. The van der Waals surface area contributed by atoms with Crippen molar-refractivity contribution in [1.29, 1.82) is 0 Å². The number of pyridine rings is 1. The summed E-state index contributed by atoms with van der Waals surface area (Å²) in [6, 6.07) is 16.9. The highest BCUT2D eigenvalue weighted by molar-refractivity contribution is 7.60. The van der Waals surface area contributed by atoms with E-state index in [2.05, 4.69) is 84.0 Å². The molecular formula is C20H28NP. The topological polar surface area (TPSA) is 12.9 Å². The average molecular weight is 313 g/mol. The lowest BCUT2D eigenvalue weighted by Gasteiger charge is -2.41. The summed E-state index contributed by atoms with van der Waals surface area (Å²) >= 11 is 0. The van der Waals surface area contributed by atoms with Gasteiger partial charge in [-0.1, -0.05) is 85.9 Å². The van der Waals surface area contributed by atoms with Crippen LogP contribution in [0.2, 0.25) is 0 Å². The van der Waals surface area contributed by atoms with Gasteiger partial charge in [-0.3, -0.25) is 4.98 Å². The molecule has 1 aromatic carbocycles. The van der Waals surface area contributed by atoms with Gasteiger partial charge >= 0.3 is 0 Å². The average Bonchev–Trinajstić information content (AvgIpc) is 2.44. The van der Waals surface area contributed by atoms with Gasteiger partial charge in [0.25, 0.3) is 0 Å². The monoisotopic (exact) mass is 313 g/mol. The highest BCUT2D eigenvalue weighted by Gasteiger charge is 2.34. The first-order chi connectivity index (χ1) is 10.2. The normalized spacial score (nSPS) is 12.7. The molecule has 1 heterocycles. The lowest BCUT2D eigenvalue weighted by molar-refractivity contribution is 0.701. The first-order valence-corrected chi connectivity index (χ1v) is 9.50. The quantitative estimate of drug-likeness (QED) is 0.603. The van der Waals surface area contributed by atoms with Crippen LogP contribution in [0.5, 0.6) is 0 Å². The summed E-state index contributed by atoms with van der Waals surface area (Å²) in [4.78, 5) is 4.93. The number of hydrogen-bond acceptors (Lipinski definition) is 1. The molecular weight excluding hydrogens is 285 g/mol. The van der Waals surface area contributed by atoms with Crippen molar-refractivity contribution < 1.29 is 0 Å². The molecule has 0 N–H and O–H groups in total. The Bertz CT molecular complexity index is 592. The van der Waals surface area contributed by atoms with Crippen molar-refractivity contribution in [2.75, 3.05) is 0 Å². The van der Waals surface area contributed by atoms with E-state index in [4.69, 9.17) is 4.98 Å². The van der Waals surface area contributed by atoms with Crippen molar-refractivity contribution in [2.24, 2.45) is 0 Å². The fourth-order valence-electron chi connectivity index (χ4n) is 2.98. The van der Waals surface area contributed by atoms with Gasteiger partial charge in [0.1, 0.15) is 0 Å². The van der Waals surface area contributed by atoms with E-state index in [0.29, 0.717) is 10.3 Å². The van der Waals surface area contributed by atoms with E-state index < -0.39 is 0 Å². The Morgan fingerprint density at radius 3 is 1.91 bits per heavy atom. The molecule has 2 heteroatoms. The number of aromatic nitrogens is 1. The maximum atomic E-state index is 4.93. The second-order valence-electron chi connectivity index (χ2n) is 7.81. The molecule has 0 atom stereocenters.